The summed E-state index contributed by atoms with van der Waals surface area (Å²) in [6, 6.07) is 6.37. The van der Waals surface area contributed by atoms with E-state index >= 15 is 0 Å². The Labute approximate surface area is 169 Å². The number of ether oxygens (including phenoxy) is 2. The number of benzene rings is 2. The van der Waals surface area contributed by atoms with Crippen LogP contribution in [0.5, 0.6) is 11.5 Å². The number of nitrogens with one attached hydrogen (secondary N) is 1. The van der Waals surface area contributed by atoms with Gasteiger partial charge in [0, 0.05) is 29.8 Å². The zero-order chi connectivity index (χ0) is 21.4. The first-order valence-electron chi connectivity index (χ1n) is 9.06. The third-order valence-electron chi connectivity index (χ3n) is 4.85. The normalized spacial score (nSPS) is 12.2. The van der Waals surface area contributed by atoms with Crippen molar-refractivity contribution in [3.8, 4) is 17.2 Å². The van der Waals surface area contributed by atoms with Crippen LogP contribution in [0.4, 0.5) is 8.78 Å². The van der Waals surface area contributed by atoms with Crippen molar-refractivity contribution in [2.75, 3.05) is 14.2 Å². The van der Waals surface area contributed by atoms with Crippen LogP contribution < -0.4 is 15.0 Å². The lowest BCUT2D eigenvalue weighted by Crippen LogP contribution is -2.14. The number of hydrogen-bond acceptors (Lipinski definition) is 5. The number of halogens is 2. The van der Waals surface area contributed by atoms with E-state index in [4.69, 9.17) is 9.47 Å². The van der Waals surface area contributed by atoms with Gasteiger partial charge in [-0.05, 0) is 18.2 Å². The molecule has 0 radical (unpaired) electrons. The van der Waals surface area contributed by atoms with E-state index < -0.39 is 11.6 Å². The maximum atomic E-state index is 13.5. The standard InChI is InChI=1S/C21H18F2N4O3/c1-11(12-9-24-27(10-12)15-5-13(22)4-14(23)6-15)20-25-17-8-19(30-3)18(29-2)7-16(17)21(28)26-20/h4-11H,1-3H3,(H,25,26,28). The van der Waals surface area contributed by atoms with Crippen LogP contribution in [0.25, 0.3) is 16.6 Å². The summed E-state index contributed by atoms with van der Waals surface area (Å²) >= 11 is 0. The first kappa shape index (κ1) is 19.6. The quantitative estimate of drug-likeness (QED) is 0.542. The number of fused-ring (bicyclic) bond motifs is 1. The Morgan fingerprint density at radius 1 is 1.03 bits per heavy atom. The van der Waals surface area contributed by atoms with Crippen LogP contribution in [0.3, 0.4) is 0 Å². The number of methoxy groups -OCH3 is 2. The molecule has 1 atom stereocenters. The second-order valence-corrected chi connectivity index (χ2v) is 6.74. The molecule has 4 rings (SSSR count). The van der Waals surface area contributed by atoms with Gasteiger partial charge in [0.15, 0.2) is 11.5 Å². The van der Waals surface area contributed by atoms with Crippen molar-refractivity contribution in [3.63, 3.8) is 0 Å². The first-order valence-corrected chi connectivity index (χ1v) is 9.06. The van der Waals surface area contributed by atoms with Gasteiger partial charge in [-0.25, -0.2) is 18.4 Å². The fraction of sp³-hybridized carbons (Fsp3) is 0.190. The highest BCUT2D eigenvalue weighted by atomic mass is 19.1. The molecule has 1 unspecified atom stereocenters. The van der Waals surface area contributed by atoms with Crippen molar-refractivity contribution in [3.05, 3.63) is 76.1 Å². The summed E-state index contributed by atoms with van der Waals surface area (Å²) in [6.45, 7) is 1.85. The molecule has 0 bridgehead atoms. The second-order valence-electron chi connectivity index (χ2n) is 6.74. The third kappa shape index (κ3) is 3.49. The largest absolute Gasteiger partial charge is 0.493 e. The molecule has 0 aliphatic heterocycles. The molecule has 9 heteroatoms. The van der Waals surface area contributed by atoms with Crippen LogP contribution in [-0.4, -0.2) is 34.0 Å². The minimum atomic E-state index is -0.694. The van der Waals surface area contributed by atoms with Crippen molar-refractivity contribution in [2.24, 2.45) is 0 Å². The molecule has 2 aromatic heterocycles. The third-order valence-corrected chi connectivity index (χ3v) is 4.85. The molecule has 4 aromatic rings. The zero-order valence-corrected chi connectivity index (χ0v) is 16.4. The summed E-state index contributed by atoms with van der Waals surface area (Å²) in [5.74, 6) is -0.406. The topological polar surface area (TPSA) is 82.0 Å². The lowest BCUT2D eigenvalue weighted by atomic mass is 10.0. The van der Waals surface area contributed by atoms with Crippen molar-refractivity contribution in [2.45, 2.75) is 12.8 Å². The number of H-pyrrole nitrogens is 1. The highest BCUT2D eigenvalue weighted by Gasteiger charge is 2.17. The average molecular weight is 412 g/mol. The van der Waals surface area contributed by atoms with Gasteiger partial charge in [0.2, 0.25) is 0 Å². The maximum Gasteiger partial charge on any atom is 0.258 e. The molecule has 0 spiro atoms. The van der Waals surface area contributed by atoms with E-state index in [0.717, 1.165) is 6.07 Å². The summed E-state index contributed by atoms with van der Waals surface area (Å²) in [5.41, 5.74) is 1.10. The molecule has 0 amide bonds. The molecule has 0 aliphatic rings. The zero-order valence-electron chi connectivity index (χ0n) is 16.4. The Morgan fingerprint density at radius 2 is 1.70 bits per heavy atom. The van der Waals surface area contributed by atoms with E-state index in [-0.39, 0.29) is 17.2 Å². The lowest BCUT2D eigenvalue weighted by Gasteiger charge is -2.12. The van der Waals surface area contributed by atoms with Crippen molar-refractivity contribution in [1.82, 2.24) is 19.7 Å². The molecule has 1 N–H and O–H groups in total. The predicted molar refractivity (Wildman–Crippen MR) is 106 cm³/mol. The van der Waals surface area contributed by atoms with Crippen LogP contribution >= 0.6 is 0 Å². The van der Waals surface area contributed by atoms with E-state index in [0.29, 0.717) is 33.8 Å². The van der Waals surface area contributed by atoms with E-state index in [9.17, 15) is 13.6 Å². The van der Waals surface area contributed by atoms with Gasteiger partial charge in [-0.1, -0.05) is 6.92 Å². The van der Waals surface area contributed by atoms with Crippen molar-refractivity contribution in [1.29, 1.82) is 0 Å². The maximum absolute atomic E-state index is 13.5. The molecular formula is C21H18F2N4O3. The summed E-state index contributed by atoms with van der Waals surface area (Å²) < 4.78 is 38.9. The van der Waals surface area contributed by atoms with Crippen LogP contribution in [0.1, 0.15) is 24.2 Å². The van der Waals surface area contributed by atoms with Crippen LogP contribution in [0.2, 0.25) is 0 Å². The van der Waals surface area contributed by atoms with Gasteiger partial charge in [-0.2, -0.15) is 5.10 Å². The van der Waals surface area contributed by atoms with Crippen LogP contribution in [-0.2, 0) is 0 Å². The summed E-state index contributed by atoms with van der Waals surface area (Å²) in [7, 11) is 2.99. The van der Waals surface area contributed by atoms with E-state index in [1.54, 1.807) is 24.5 Å². The molecule has 0 fully saturated rings. The fourth-order valence-corrected chi connectivity index (χ4v) is 3.22. The molecule has 0 saturated carbocycles. The Kier molecular flexibility index (Phi) is 4.94. The Balaban J connectivity index is 1.74. The Hall–Kier alpha value is -3.75. The summed E-state index contributed by atoms with van der Waals surface area (Å²) in [5, 5.41) is 4.55. The predicted octanol–water partition coefficient (Wildman–Crippen LogP) is 3.56. The van der Waals surface area contributed by atoms with Gasteiger partial charge in [-0.3, -0.25) is 4.79 Å². The van der Waals surface area contributed by atoms with Crippen molar-refractivity contribution < 1.29 is 18.3 Å². The highest BCUT2D eigenvalue weighted by molar-refractivity contribution is 5.81. The number of rotatable bonds is 5. The number of aromatic amines is 1. The molecular weight excluding hydrogens is 394 g/mol. The van der Waals surface area contributed by atoms with Gasteiger partial charge in [0.25, 0.3) is 5.56 Å². The molecule has 2 aromatic carbocycles. The molecule has 0 aliphatic carbocycles. The lowest BCUT2D eigenvalue weighted by molar-refractivity contribution is 0.355. The Morgan fingerprint density at radius 3 is 2.37 bits per heavy atom. The molecule has 7 nitrogen and oxygen atoms in total. The Bertz CT molecular complexity index is 1280. The van der Waals surface area contributed by atoms with Gasteiger partial charge in [0.1, 0.15) is 17.5 Å². The SMILES string of the molecule is COc1cc2nc(C(C)c3cnn(-c4cc(F)cc(F)c4)c3)[nH]c(=O)c2cc1OC. The minimum absolute atomic E-state index is 0.253. The monoisotopic (exact) mass is 412 g/mol. The van der Waals surface area contributed by atoms with Crippen molar-refractivity contribution >= 4 is 10.9 Å². The number of nitrogens with zero attached hydrogens (tertiary/aromatic N) is 3. The number of aromatic nitrogens is 4. The van der Waals surface area contributed by atoms with Crippen LogP contribution in [0.15, 0.2) is 47.5 Å². The highest BCUT2D eigenvalue weighted by Crippen LogP contribution is 2.31. The fourth-order valence-electron chi connectivity index (χ4n) is 3.22. The number of hydrogen-bond donors (Lipinski definition) is 1. The minimum Gasteiger partial charge on any atom is -0.493 e. The molecule has 154 valence electrons. The average Bonchev–Trinajstić information content (AvgIpc) is 3.21. The van der Waals surface area contributed by atoms with Gasteiger partial charge >= 0.3 is 0 Å². The molecule has 30 heavy (non-hydrogen) atoms. The van der Waals surface area contributed by atoms with E-state index in [1.165, 1.54) is 31.0 Å². The van der Waals surface area contributed by atoms with Crippen LogP contribution in [0, 0.1) is 11.6 Å². The smallest absolute Gasteiger partial charge is 0.258 e. The molecule has 0 saturated heterocycles. The summed E-state index contributed by atoms with van der Waals surface area (Å²) in [6.07, 6.45) is 3.20. The first-order chi connectivity index (χ1) is 14.4. The van der Waals surface area contributed by atoms with E-state index in [1.807, 2.05) is 6.92 Å². The van der Waals surface area contributed by atoms with Gasteiger partial charge < -0.3 is 14.5 Å². The van der Waals surface area contributed by atoms with Gasteiger partial charge in [-0.15, -0.1) is 0 Å². The van der Waals surface area contributed by atoms with Gasteiger partial charge in [0.05, 0.1) is 37.0 Å². The molecule has 2 heterocycles. The second kappa shape index (κ2) is 7.58. The summed E-state index contributed by atoms with van der Waals surface area (Å²) in [4.78, 5) is 20.0. The van der Waals surface area contributed by atoms with E-state index in [2.05, 4.69) is 15.1 Å².